The highest BCUT2D eigenvalue weighted by atomic mass is 35.5. The van der Waals surface area contributed by atoms with Crippen LogP contribution in [0.15, 0.2) is 30.6 Å². The van der Waals surface area contributed by atoms with Crippen molar-refractivity contribution in [3.05, 3.63) is 36.2 Å². The molecule has 5 heteroatoms. The molecule has 0 aliphatic rings. The smallest absolute Gasteiger partial charge is 0.256 e. The van der Waals surface area contributed by atoms with E-state index in [1.807, 2.05) is 12.1 Å². The van der Waals surface area contributed by atoms with Crippen molar-refractivity contribution in [1.82, 2.24) is 9.61 Å². The van der Waals surface area contributed by atoms with E-state index in [-0.39, 0.29) is 12.4 Å². The van der Waals surface area contributed by atoms with Gasteiger partial charge in [-0.25, -0.2) is 4.52 Å². The van der Waals surface area contributed by atoms with Gasteiger partial charge < -0.3 is 0 Å². The normalized spacial score (nSPS) is 9.62. The van der Waals surface area contributed by atoms with Crippen LogP contribution < -0.4 is 0 Å². The molecule has 0 aliphatic heterocycles. The van der Waals surface area contributed by atoms with Gasteiger partial charge in [-0.1, -0.05) is 6.07 Å². The first-order chi connectivity index (χ1) is 5.79. The summed E-state index contributed by atoms with van der Waals surface area (Å²) in [6.07, 6.45) is 3.23. The largest absolute Gasteiger partial charge is 0.275 e. The monoisotopic (exact) mass is 216 g/mol. The summed E-state index contributed by atoms with van der Waals surface area (Å²) in [5.41, 5.74) is 1.18. The maximum atomic E-state index is 10.8. The highest BCUT2D eigenvalue weighted by molar-refractivity contribution is 6.68. The molecule has 0 saturated carbocycles. The fourth-order valence-corrected chi connectivity index (χ4v) is 1.23. The van der Waals surface area contributed by atoms with Crippen molar-refractivity contribution in [1.29, 1.82) is 0 Å². The molecular formula is C8H6Cl2N2O. The van der Waals surface area contributed by atoms with Crippen molar-refractivity contribution in [3.63, 3.8) is 0 Å². The molecule has 0 bridgehead atoms. The van der Waals surface area contributed by atoms with Crippen LogP contribution in [0.4, 0.5) is 0 Å². The maximum absolute atomic E-state index is 10.8. The van der Waals surface area contributed by atoms with Crippen molar-refractivity contribution >= 4 is 34.8 Å². The molecule has 0 spiro atoms. The minimum Gasteiger partial charge on any atom is -0.275 e. The summed E-state index contributed by atoms with van der Waals surface area (Å²) in [6, 6.07) is 5.46. The molecule has 0 saturated heterocycles. The molecule has 0 fully saturated rings. The van der Waals surface area contributed by atoms with E-state index in [2.05, 4.69) is 5.10 Å². The van der Waals surface area contributed by atoms with Crippen LogP contribution in [0, 0.1) is 0 Å². The Morgan fingerprint density at radius 3 is 2.92 bits per heavy atom. The SMILES string of the molecule is Cl.O=C(Cl)c1cnn2ccccc12. The number of rotatable bonds is 1. The minimum atomic E-state index is -0.476. The van der Waals surface area contributed by atoms with Crippen LogP contribution in [0.1, 0.15) is 10.4 Å². The van der Waals surface area contributed by atoms with Crippen molar-refractivity contribution in [2.45, 2.75) is 0 Å². The van der Waals surface area contributed by atoms with Crippen LogP contribution in [0.25, 0.3) is 5.52 Å². The summed E-state index contributed by atoms with van der Waals surface area (Å²) < 4.78 is 1.61. The zero-order valence-corrected chi connectivity index (χ0v) is 8.05. The number of pyridine rings is 1. The van der Waals surface area contributed by atoms with Crippen LogP contribution in [0.5, 0.6) is 0 Å². The molecular weight excluding hydrogens is 211 g/mol. The molecule has 2 heterocycles. The number of hydrogen-bond acceptors (Lipinski definition) is 2. The number of hydrogen-bond donors (Lipinski definition) is 0. The van der Waals surface area contributed by atoms with Gasteiger partial charge in [0.05, 0.1) is 17.3 Å². The average Bonchev–Trinajstić information content (AvgIpc) is 2.47. The third-order valence-electron chi connectivity index (χ3n) is 1.64. The number of halogens is 2. The lowest BCUT2D eigenvalue weighted by Gasteiger charge is -1.90. The number of fused-ring (bicyclic) bond motifs is 1. The first-order valence-corrected chi connectivity index (χ1v) is 3.79. The fourth-order valence-electron chi connectivity index (χ4n) is 1.09. The maximum Gasteiger partial charge on any atom is 0.256 e. The minimum absolute atomic E-state index is 0. The molecule has 2 aromatic heterocycles. The summed E-state index contributed by atoms with van der Waals surface area (Å²) in [6.45, 7) is 0. The van der Waals surface area contributed by atoms with E-state index in [0.717, 1.165) is 5.52 Å². The number of carbonyl (C=O) groups excluding carboxylic acids is 1. The molecule has 0 aromatic carbocycles. The molecule has 0 unspecified atom stereocenters. The summed E-state index contributed by atoms with van der Waals surface area (Å²) in [5.74, 6) is 0. The second-order valence-corrected chi connectivity index (χ2v) is 2.71. The molecule has 0 radical (unpaired) electrons. The van der Waals surface area contributed by atoms with E-state index in [4.69, 9.17) is 11.6 Å². The Kier molecular flexibility index (Phi) is 2.90. The summed E-state index contributed by atoms with van der Waals surface area (Å²) >= 11 is 5.33. The molecule has 0 amide bonds. The summed E-state index contributed by atoms with van der Waals surface area (Å²) in [4.78, 5) is 10.8. The number of nitrogens with zero attached hydrogens (tertiary/aromatic N) is 2. The zero-order valence-electron chi connectivity index (χ0n) is 6.48. The van der Waals surface area contributed by atoms with Crippen LogP contribution in [-0.4, -0.2) is 14.9 Å². The standard InChI is InChI=1S/C8H5ClN2O.ClH/c9-8(12)6-5-10-11-4-2-1-3-7(6)11;/h1-5H;1H. The lowest BCUT2D eigenvalue weighted by molar-refractivity contribution is 0.108. The van der Waals surface area contributed by atoms with Crippen LogP contribution in [0.3, 0.4) is 0 Å². The molecule has 13 heavy (non-hydrogen) atoms. The van der Waals surface area contributed by atoms with Crippen molar-refractivity contribution in [2.75, 3.05) is 0 Å². The van der Waals surface area contributed by atoms with Gasteiger partial charge in [-0.15, -0.1) is 12.4 Å². The molecule has 0 atom stereocenters. The Morgan fingerprint density at radius 1 is 1.46 bits per heavy atom. The third kappa shape index (κ3) is 1.66. The lowest BCUT2D eigenvalue weighted by Crippen LogP contribution is -1.87. The van der Waals surface area contributed by atoms with E-state index >= 15 is 0 Å². The van der Waals surface area contributed by atoms with Gasteiger partial charge in [-0.2, -0.15) is 5.10 Å². The van der Waals surface area contributed by atoms with Gasteiger partial charge in [0.1, 0.15) is 0 Å². The number of aromatic nitrogens is 2. The lowest BCUT2D eigenvalue weighted by atomic mass is 10.3. The average molecular weight is 217 g/mol. The highest BCUT2D eigenvalue weighted by Gasteiger charge is 2.08. The van der Waals surface area contributed by atoms with E-state index in [9.17, 15) is 4.79 Å². The first kappa shape index (κ1) is 10.0. The number of carbonyl (C=O) groups is 1. The Labute approximate surface area is 85.7 Å². The molecule has 3 nitrogen and oxygen atoms in total. The van der Waals surface area contributed by atoms with Crippen LogP contribution in [-0.2, 0) is 0 Å². The Hall–Kier alpha value is -1.06. The van der Waals surface area contributed by atoms with Gasteiger partial charge in [-0.05, 0) is 23.7 Å². The quantitative estimate of drug-likeness (QED) is 0.685. The molecule has 68 valence electrons. The van der Waals surface area contributed by atoms with Crippen LogP contribution in [0.2, 0.25) is 0 Å². The topological polar surface area (TPSA) is 34.4 Å². The Morgan fingerprint density at radius 2 is 2.23 bits per heavy atom. The van der Waals surface area contributed by atoms with Gasteiger partial charge in [0, 0.05) is 6.20 Å². The van der Waals surface area contributed by atoms with Gasteiger partial charge in [0.2, 0.25) is 0 Å². The first-order valence-electron chi connectivity index (χ1n) is 3.41. The van der Waals surface area contributed by atoms with Gasteiger partial charge >= 0.3 is 0 Å². The zero-order chi connectivity index (χ0) is 8.55. The molecule has 2 aromatic rings. The van der Waals surface area contributed by atoms with Crippen molar-refractivity contribution in [2.24, 2.45) is 0 Å². The summed E-state index contributed by atoms with van der Waals surface area (Å²) in [5, 5.41) is 3.48. The van der Waals surface area contributed by atoms with E-state index in [0.29, 0.717) is 5.56 Å². The van der Waals surface area contributed by atoms with Gasteiger partial charge in [-0.3, -0.25) is 4.79 Å². The Balaban J connectivity index is 0.000000845. The van der Waals surface area contributed by atoms with Crippen molar-refractivity contribution < 1.29 is 4.79 Å². The second-order valence-electron chi connectivity index (χ2n) is 2.36. The Bertz CT molecular complexity index is 438. The second kappa shape index (κ2) is 3.77. The van der Waals surface area contributed by atoms with E-state index in [1.54, 1.807) is 16.8 Å². The predicted molar refractivity (Wildman–Crippen MR) is 52.6 cm³/mol. The highest BCUT2D eigenvalue weighted by Crippen LogP contribution is 2.11. The molecule has 0 aliphatic carbocycles. The van der Waals surface area contributed by atoms with Gasteiger partial charge in [0.25, 0.3) is 5.24 Å². The predicted octanol–water partition coefficient (Wildman–Crippen LogP) is 2.14. The van der Waals surface area contributed by atoms with E-state index in [1.165, 1.54) is 6.20 Å². The third-order valence-corrected chi connectivity index (χ3v) is 1.84. The van der Waals surface area contributed by atoms with Crippen molar-refractivity contribution in [3.8, 4) is 0 Å². The van der Waals surface area contributed by atoms with Crippen LogP contribution >= 0.6 is 24.0 Å². The van der Waals surface area contributed by atoms with E-state index < -0.39 is 5.24 Å². The molecule has 2 rings (SSSR count). The fraction of sp³-hybridized carbons (Fsp3) is 0. The summed E-state index contributed by atoms with van der Waals surface area (Å²) in [7, 11) is 0. The van der Waals surface area contributed by atoms with Gasteiger partial charge in [0.15, 0.2) is 0 Å². The molecule has 0 N–H and O–H groups in total.